The number of pyridine rings is 1. The number of rotatable bonds is 3. The maximum absolute atomic E-state index is 12.3. The Morgan fingerprint density at radius 1 is 1.56 bits per heavy atom. The molecule has 1 aromatic rings. The topological polar surface area (TPSA) is 68.1 Å². The number of aromatic nitrogens is 1. The van der Waals surface area contributed by atoms with E-state index in [1.54, 1.807) is 6.92 Å². The SMILES string of the molecule is CCNc1ncc(C(F)(F)F)cc1[N+](=O)[O-]. The second-order valence-corrected chi connectivity index (χ2v) is 2.88. The Labute approximate surface area is 88.4 Å². The van der Waals surface area contributed by atoms with Crippen LogP contribution >= 0.6 is 0 Å². The van der Waals surface area contributed by atoms with Crippen molar-refractivity contribution in [2.75, 3.05) is 11.9 Å². The quantitative estimate of drug-likeness (QED) is 0.645. The van der Waals surface area contributed by atoms with Gasteiger partial charge in [-0.2, -0.15) is 13.2 Å². The van der Waals surface area contributed by atoms with Gasteiger partial charge in [-0.1, -0.05) is 0 Å². The molecular formula is C8H8F3N3O2. The Bertz CT molecular complexity index is 406. The highest BCUT2D eigenvalue weighted by Crippen LogP contribution is 2.33. The first-order chi connectivity index (χ1) is 7.36. The van der Waals surface area contributed by atoms with E-state index in [-0.39, 0.29) is 5.82 Å². The molecule has 16 heavy (non-hydrogen) atoms. The van der Waals surface area contributed by atoms with Crippen molar-refractivity contribution in [3.63, 3.8) is 0 Å². The van der Waals surface area contributed by atoms with Gasteiger partial charge in [0.05, 0.1) is 10.5 Å². The molecule has 1 aromatic heterocycles. The number of nitro groups is 1. The summed E-state index contributed by atoms with van der Waals surface area (Å²) in [6, 6.07) is 0.463. The van der Waals surface area contributed by atoms with E-state index in [0.29, 0.717) is 18.8 Å². The first kappa shape index (κ1) is 12.2. The lowest BCUT2D eigenvalue weighted by molar-refractivity contribution is -0.384. The van der Waals surface area contributed by atoms with Crippen LogP contribution in [0.25, 0.3) is 0 Å². The molecule has 0 unspecified atom stereocenters. The zero-order valence-electron chi connectivity index (χ0n) is 8.21. The minimum atomic E-state index is -4.64. The van der Waals surface area contributed by atoms with Crippen LogP contribution in [-0.4, -0.2) is 16.5 Å². The Morgan fingerprint density at radius 2 is 2.19 bits per heavy atom. The lowest BCUT2D eigenvalue weighted by Gasteiger charge is -2.08. The Balaban J connectivity index is 3.23. The molecule has 1 rings (SSSR count). The summed E-state index contributed by atoms with van der Waals surface area (Å²) in [5, 5.41) is 13.0. The molecule has 88 valence electrons. The van der Waals surface area contributed by atoms with E-state index in [1.165, 1.54) is 0 Å². The van der Waals surface area contributed by atoms with Gasteiger partial charge in [-0.05, 0) is 6.92 Å². The standard InChI is InChI=1S/C8H8F3N3O2/c1-2-12-7-6(14(15)16)3-5(4-13-7)8(9,10)11/h3-4H,2H2,1H3,(H,12,13). The van der Waals surface area contributed by atoms with Crippen LogP contribution in [0.2, 0.25) is 0 Å². The van der Waals surface area contributed by atoms with Crippen molar-refractivity contribution >= 4 is 11.5 Å². The van der Waals surface area contributed by atoms with Gasteiger partial charge in [-0.3, -0.25) is 10.1 Å². The van der Waals surface area contributed by atoms with E-state index in [2.05, 4.69) is 10.3 Å². The van der Waals surface area contributed by atoms with Crippen LogP contribution in [0.15, 0.2) is 12.3 Å². The Kier molecular flexibility index (Phi) is 3.31. The lowest BCUT2D eigenvalue weighted by Crippen LogP contribution is -2.09. The number of hydrogen-bond acceptors (Lipinski definition) is 4. The average molecular weight is 235 g/mol. The second-order valence-electron chi connectivity index (χ2n) is 2.88. The van der Waals surface area contributed by atoms with Gasteiger partial charge in [-0.25, -0.2) is 4.98 Å². The molecule has 0 atom stereocenters. The van der Waals surface area contributed by atoms with Gasteiger partial charge in [0.1, 0.15) is 0 Å². The van der Waals surface area contributed by atoms with Gasteiger partial charge < -0.3 is 5.32 Å². The monoisotopic (exact) mass is 235 g/mol. The summed E-state index contributed by atoms with van der Waals surface area (Å²) in [4.78, 5) is 13.0. The smallest absolute Gasteiger partial charge is 0.365 e. The molecule has 5 nitrogen and oxygen atoms in total. The van der Waals surface area contributed by atoms with Crippen molar-refractivity contribution < 1.29 is 18.1 Å². The highest BCUT2D eigenvalue weighted by Gasteiger charge is 2.33. The third-order valence-electron chi connectivity index (χ3n) is 1.74. The third kappa shape index (κ3) is 2.59. The van der Waals surface area contributed by atoms with Crippen LogP contribution < -0.4 is 5.32 Å². The number of alkyl halides is 3. The van der Waals surface area contributed by atoms with Crippen LogP contribution in [0, 0.1) is 10.1 Å². The molecule has 1 N–H and O–H groups in total. The summed E-state index contributed by atoms with van der Waals surface area (Å²) in [5.41, 5.74) is -1.82. The number of nitrogens with one attached hydrogen (secondary N) is 1. The maximum atomic E-state index is 12.3. The van der Waals surface area contributed by atoms with Crippen molar-refractivity contribution in [3.05, 3.63) is 27.9 Å². The molecule has 0 spiro atoms. The normalized spacial score (nSPS) is 11.2. The zero-order valence-corrected chi connectivity index (χ0v) is 8.21. The number of halogens is 3. The van der Waals surface area contributed by atoms with E-state index in [0.717, 1.165) is 0 Å². The largest absolute Gasteiger partial charge is 0.418 e. The Morgan fingerprint density at radius 3 is 2.62 bits per heavy atom. The predicted molar refractivity (Wildman–Crippen MR) is 50.1 cm³/mol. The van der Waals surface area contributed by atoms with E-state index >= 15 is 0 Å². The van der Waals surface area contributed by atoms with Crippen LogP contribution in [0.3, 0.4) is 0 Å². The van der Waals surface area contributed by atoms with Crippen LogP contribution in [0.5, 0.6) is 0 Å². The van der Waals surface area contributed by atoms with Crippen molar-refractivity contribution in [1.82, 2.24) is 4.98 Å². The van der Waals surface area contributed by atoms with E-state index in [4.69, 9.17) is 0 Å². The molecule has 0 bridgehead atoms. The molecule has 0 radical (unpaired) electrons. The Hall–Kier alpha value is -1.86. The average Bonchev–Trinajstić information content (AvgIpc) is 2.16. The summed E-state index contributed by atoms with van der Waals surface area (Å²) < 4.78 is 36.8. The van der Waals surface area contributed by atoms with E-state index in [1.807, 2.05) is 0 Å². The van der Waals surface area contributed by atoms with Gasteiger partial charge in [0.15, 0.2) is 0 Å². The van der Waals surface area contributed by atoms with Gasteiger partial charge >= 0.3 is 11.9 Å². The minimum absolute atomic E-state index is 0.166. The molecule has 1 heterocycles. The van der Waals surface area contributed by atoms with Crippen LogP contribution in [0.4, 0.5) is 24.7 Å². The molecule has 0 aromatic carbocycles. The summed E-state index contributed by atoms with van der Waals surface area (Å²) in [5.74, 6) is -0.166. The fraction of sp³-hybridized carbons (Fsp3) is 0.375. The summed E-state index contributed by atoms with van der Waals surface area (Å²) in [7, 11) is 0. The van der Waals surface area contributed by atoms with Crippen molar-refractivity contribution in [1.29, 1.82) is 0 Å². The molecule has 8 heteroatoms. The van der Waals surface area contributed by atoms with E-state index < -0.39 is 22.4 Å². The fourth-order valence-electron chi connectivity index (χ4n) is 1.05. The molecular weight excluding hydrogens is 227 g/mol. The second kappa shape index (κ2) is 4.33. The number of anilines is 1. The molecule has 0 fully saturated rings. The number of nitrogens with zero attached hydrogens (tertiary/aromatic N) is 2. The van der Waals surface area contributed by atoms with Crippen molar-refractivity contribution in [3.8, 4) is 0 Å². The van der Waals surface area contributed by atoms with Crippen LogP contribution in [0.1, 0.15) is 12.5 Å². The fourth-order valence-corrected chi connectivity index (χ4v) is 1.05. The predicted octanol–water partition coefficient (Wildman–Crippen LogP) is 2.44. The van der Waals surface area contributed by atoms with Crippen LogP contribution in [-0.2, 0) is 6.18 Å². The minimum Gasteiger partial charge on any atom is -0.365 e. The number of hydrogen-bond donors (Lipinski definition) is 1. The van der Waals surface area contributed by atoms with Gasteiger partial charge in [-0.15, -0.1) is 0 Å². The van der Waals surface area contributed by atoms with Gasteiger partial charge in [0.25, 0.3) is 0 Å². The molecule has 0 aliphatic rings. The van der Waals surface area contributed by atoms with Gasteiger partial charge in [0.2, 0.25) is 5.82 Å². The summed E-state index contributed by atoms with van der Waals surface area (Å²) in [6.45, 7) is 1.99. The molecule has 0 aliphatic carbocycles. The summed E-state index contributed by atoms with van der Waals surface area (Å²) >= 11 is 0. The highest BCUT2D eigenvalue weighted by molar-refractivity contribution is 5.56. The lowest BCUT2D eigenvalue weighted by atomic mass is 10.2. The molecule has 0 saturated carbocycles. The zero-order chi connectivity index (χ0) is 12.3. The van der Waals surface area contributed by atoms with Crippen molar-refractivity contribution in [2.24, 2.45) is 0 Å². The molecule has 0 saturated heterocycles. The van der Waals surface area contributed by atoms with Gasteiger partial charge in [0, 0.05) is 18.8 Å². The summed E-state index contributed by atoms with van der Waals surface area (Å²) in [6.07, 6.45) is -4.08. The van der Waals surface area contributed by atoms with Crippen molar-refractivity contribution in [2.45, 2.75) is 13.1 Å². The maximum Gasteiger partial charge on any atom is 0.418 e. The first-order valence-electron chi connectivity index (χ1n) is 4.31. The first-order valence-corrected chi connectivity index (χ1v) is 4.31. The third-order valence-corrected chi connectivity index (χ3v) is 1.74. The molecule has 0 aliphatic heterocycles. The molecule has 0 amide bonds. The highest BCUT2D eigenvalue weighted by atomic mass is 19.4. The van der Waals surface area contributed by atoms with E-state index in [9.17, 15) is 23.3 Å².